The molecular formula is C20H27F3N4O4. The molecule has 4 N–H and O–H groups in total. The summed E-state index contributed by atoms with van der Waals surface area (Å²) in [6.07, 6.45) is -5.03. The molecule has 3 aliphatic rings. The number of carbonyl (C=O) groups excluding carboxylic acids is 4. The molecule has 3 rings (SSSR count). The lowest BCUT2D eigenvalue weighted by Crippen LogP contribution is -2.58. The number of rotatable bonds is 9. The third-order valence-corrected chi connectivity index (χ3v) is 7.33. The lowest BCUT2D eigenvalue weighted by Gasteiger charge is -2.32. The number of nitrogens with one attached hydrogen (secondary N) is 2. The van der Waals surface area contributed by atoms with Gasteiger partial charge >= 0.3 is 6.18 Å². The Kier molecular flexibility index (Phi) is 5.49. The normalized spacial score (nSPS) is 30.5. The molecule has 3 fully saturated rings. The molecule has 2 aliphatic carbocycles. The maximum Gasteiger partial charge on any atom is 0.389 e. The minimum absolute atomic E-state index is 0.0494. The summed E-state index contributed by atoms with van der Waals surface area (Å²) in [7, 11) is 0. The van der Waals surface area contributed by atoms with Gasteiger partial charge in [0.15, 0.2) is 0 Å². The van der Waals surface area contributed by atoms with Crippen molar-refractivity contribution in [2.75, 3.05) is 19.6 Å². The highest BCUT2D eigenvalue weighted by molar-refractivity contribution is 6.38. The van der Waals surface area contributed by atoms with Crippen LogP contribution in [0.3, 0.4) is 0 Å². The SMILES string of the molecule is C=CCNC(=O)C(=O)C(CCC(F)(F)F)NC(=O)C12CC13C(CN2C(=O)CN)C3(C)C. The van der Waals surface area contributed by atoms with E-state index in [-0.39, 0.29) is 24.4 Å². The third kappa shape index (κ3) is 3.33. The summed E-state index contributed by atoms with van der Waals surface area (Å²) in [4.78, 5) is 51.6. The topological polar surface area (TPSA) is 122 Å². The molecule has 4 unspecified atom stereocenters. The number of carbonyl (C=O) groups is 4. The Labute approximate surface area is 177 Å². The lowest BCUT2D eigenvalue weighted by atomic mass is 9.99. The first kappa shape index (κ1) is 23.2. The smallest absolute Gasteiger partial charge is 0.346 e. The second-order valence-electron chi connectivity index (χ2n) is 9.03. The van der Waals surface area contributed by atoms with Gasteiger partial charge in [0.05, 0.1) is 12.6 Å². The van der Waals surface area contributed by atoms with Gasteiger partial charge in [-0.05, 0) is 24.2 Å². The maximum atomic E-state index is 13.3. The molecule has 0 aromatic heterocycles. The van der Waals surface area contributed by atoms with Gasteiger partial charge in [-0.2, -0.15) is 13.2 Å². The Morgan fingerprint density at radius 2 is 1.94 bits per heavy atom. The number of nitrogens with zero attached hydrogens (tertiary/aromatic N) is 1. The van der Waals surface area contributed by atoms with Gasteiger partial charge < -0.3 is 21.3 Å². The summed E-state index contributed by atoms with van der Waals surface area (Å²) in [5.74, 6) is -3.36. The van der Waals surface area contributed by atoms with E-state index in [1.807, 2.05) is 13.8 Å². The number of hydrogen-bond donors (Lipinski definition) is 3. The number of amides is 3. The number of alkyl halides is 3. The van der Waals surface area contributed by atoms with E-state index in [9.17, 15) is 32.3 Å². The standard InChI is InChI=1S/C20H27F3N4O4/c1-4-7-25-15(30)14(29)11(5-6-20(21,22)23)26-16(31)19-10-18(19)12(17(18,2)3)9-27(19)13(28)8-24/h4,11-12H,1,5-10,24H2,2-3H3,(H,25,30)(H,26,31). The van der Waals surface area contributed by atoms with Crippen LogP contribution in [0.1, 0.15) is 33.1 Å². The monoisotopic (exact) mass is 444 g/mol. The number of hydrogen-bond acceptors (Lipinski definition) is 5. The lowest BCUT2D eigenvalue weighted by molar-refractivity contribution is -0.147. The Bertz CT molecular complexity index is 843. The van der Waals surface area contributed by atoms with Crippen LogP contribution in [0.15, 0.2) is 12.7 Å². The number of ketones is 1. The van der Waals surface area contributed by atoms with Crippen molar-refractivity contribution in [2.24, 2.45) is 22.5 Å². The van der Waals surface area contributed by atoms with Crippen LogP contribution in [0.2, 0.25) is 0 Å². The van der Waals surface area contributed by atoms with Crippen LogP contribution in [0, 0.1) is 16.7 Å². The average molecular weight is 444 g/mol. The molecule has 1 heterocycles. The second kappa shape index (κ2) is 7.32. The van der Waals surface area contributed by atoms with Crippen molar-refractivity contribution in [3.63, 3.8) is 0 Å². The first-order chi connectivity index (χ1) is 14.3. The minimum atomic E-state index is -4.57. The first-order valence-corrected chi connectivity index (χ1v) is 10.1. The van der Waals surface area contributed by atoms with Gasteiger partial charge in [-0.1, -0.05) is 19.9 Å². The van der Waals surface area contributed by atoms with Gasteiger partial charge in [-0.3, -0.25) is 19.2 Å². The molecule has 8 nitrogen and oxygen atoms in total. The molecule has 0 bridgehead atoms. The predicted octanol–water partition coefficient (Wildman–Crippen LogP) is 0.271. The molecule has 1 spiro atoms. The van der Waals surface area contributed by atoms with E-state index >= 15 is 0 Å². The van der Waals surface area contributed by atoms with Crippen molar-refractivity contribution in [1.29, 1.82) is 0 Å². The largest absolute Gasteiger partial charge is 0.389 e. The number of Topliss-reactive ketones (excluding diaryl/α,β-unsaturated/α-hetero) is 1. The zero-order valence-electron chi connectivity index (χ0n) is 17.5. The Hall–Kier alpha value is -2.43. The Balaban J connectivity index is 1.82. The highest BCUT2D eigenvalue weighted by Gasteiger charge is 2.97. The van der Waals surface area contributed by atoms with Crippen molar-refractivity contribution in [1.82, 2.24) is 15.5 Å². The van der Waals surface area contributed by atoms with E-state index in [4.69, 9.17) is 5.73 Å². The van der Waals surface area contributed by atoms with Gasteiger partial charge in [0, 0.05) is 24.9 Å². The van der Waals surface area contributed by atoms with Crippen LogP contribution in [0.4, 0.5) is 13.2 Å². The molecule has 4 atom stereocenters. The fourth-order valence-electron chi connectivity index (χ4n) is 5.65. The average Bonchev–Trinajstić information content (AvgIpc) is 3.47. The molecule has 172 valence electrons. The second-order valence-corrected chi connectivity index (χ2v) is 9.03. The number of piperidine rings is 2. The van der Waals surface area contributed by atoms with E-state index in [1.165, 1.54) is 11.0 Å². The van der Waals surface area contributed by atoms with Crippen LogP contribution in [0.5, 0.6) is 0 Å². The van der Waals surface area contributed by atoms with Crippen molar-refractivity contribution in [3.05, 3.63) is 12.7 Å². The molecule has 1 aliphatic heterocycles. The van der Waals surface area contributed by atoms with Crippen LogP contribution in [-0.4, -0.2) is 65.8 Å². The summed E-state index contributed by atoms with van der Waals surface area (Å²) in [5, 5.41) is 4.58. The molecule has 1 saturated heterocycles. The Morgan fingerprint density at radius 3 is 2.45 bits per heavy atom. The van der Waals surface area contributed by atoms with Gasteiger partial charge in [0.25, 0.3) is 5.91 Å². The molecule has 0 aromatic rings. The summed E-state index contributed by atoms with van der Waals surface area (Å²) >= 11 is 0. The van der Waals surface area contributed by atoms with Crippen molar-refractivity contribution in [2.45, 2.75) is 50.9 Å². The van der Waals surface area contributed by atoms with Gasteiger partial charge in [-0.25, -0.2) is 0 Å². The number of likely N-dealkylation sites (tertiary alicyclic amines) is 1. The first-order valence-electron chi connectivity index (χ1n) is 10.1. The number of nitrogens with two attached hydrogens (primary N) is 1. The number of halogens is 3. The van der Waals surface area contributed by atoms with Crippen molar-refractivity contribution in [3.8, 4) is 0 Å². The van der Waals surface area contributed by atoms with Crippen LogP contribution in [0.25, 0.3) is 0 Å². The molecule has 0 radical (unpaired) electrons. The molecular weight excluding hydrogens is 417 g/mol. The van der Waals surface area contributed by atoms with E-state index in [0.717, 1.165) is 0 Å². The fourth-order valence-corrected chi connectivity index (χ4v) is 5.65. The minimum Gasteiger partial charge on any atom is -0.346 e. The predicted molar refractivity (Wildman–Crippen MR) is 103 cm³/mol. The highest BCUT2D eigenvalue weighted by Crippen LogP contribution is 2.91. The van der Waals surface area contributed by atoms with Gasteiger partial charge in [-0.15, -0.1) is 6.58 Å². The zero-order chi connectivity index (χ0) is 23.4. The Morgan fingerprint density at radius 1 is 1.29 bits per heavy atom. The van der Waals surface area contributed by atoms with Crippen LogP contribution < -0.4 is 16.4 Å². The molecule has 31 heavy (non-hydrogen) atoms. The van der Waals surface area contributed by atoms with E-state index in [2.05, 4.69) is 17.2 Å². The van der Waals surface area contributed by atoms with Crippen molar-refractivity contribution >= 4 is 23.5 Å². The molecule has 3 amide bonds. The molecule has 0 aromatic carbocycles. The van der Waals surface area contributed by atoms with E-state index < -0.39 is 59.5 Å². The molecule has 11 heteroatoms. The van der Waals surface area contributed by atoms with Gasteiger partial charge in [0.2, 0.25) is 17.6 Å². The van der Waals surface area contributed by atoms with Gasteiger partial charge in [0.1, 0.15) is 5.54 Å². The quantitative estimate of drug-likeness (QED) is 0.348. The van der Waals surface area contributed by atoms with E-state index in [0.29, 0.717) is 13.0 Å². The summed E-state index contributed by atoms with van der Waals surface area (Å²) in [5.41, 5.74) is 3.55. The van der Waals surface area contributed by atoms with Crippen molar-refractivity contribution < 1.29 is 32.3 Å². The zero-order valence-corrected chi connectivity index (χ0v) is 17.5. The maximum absolute atomic E-state index is 13.3. The molecule has 2 saturated carbocycles. The third-order valence-electron chi connectivity index (χ3n) is 7.33. The summed E-state index contributed by atoms with van der Waals surface area (Å²) < 4.78 is 38.4. The summed E-state index contributed by atoms with van der Waals surface area (Å²) in [6, 6.07) is -1.67. The van der Waals surface area contributed by atoms with Crippen LogP contribution in [-0.2, 0) is 19.2 Å². The summed E-state index contributed by atoms with van der Waals surface area (Å²) in [6.45, 7) is 7.32. The highest BCUT2D eigenvalue weighted by atomic mass is 19.4. The van der Waals surface area contributed by atoms with E-state index in [1.54, 1.807) is 0 Å². The fraction of sp³-hybridized carbons (Fsp3) is 0.700. The van der Waals surface area contributed by atoms with Crippen LogP contribution >= 0.6 is 0 Å².